The van der Waals surface area contributed by atoms with Gasteiger partial charge in [-0.1, -0.05) is 81.3 Å². The first-order valence-corrected chi connectivity index (χ1v) is 12.4. The number of halogens is 3. The molecular weight excluding hydrogens is 481 g/mol. The van der Waals surface area contributed by atoms with E-state index in [-0.39, 0.29) is 11.1 Å². The van der Waals surface area contributed by atoms with E-state index in [1.807, 2.05) is 13.8 Å². The lowest BCUT2D eigenvalue weighted by molar-refractivity contribution is -0.211. The van der Waals surface area contributed by atoms with Gasteiger partial charge in [-0.15, -0.1) is 0 Å². The van der Waals surface area contributed by atoms with E-state index in [0.29, 0.717) is 5.56 Å². The minimum atomic E-state index is -4.86. The molecule has 0 saturated carbocycles. The fourth-order valence-electron chi connectivity index (χ4n) is 3.95. The SMILES string of the molecule is CCCc1ccc(C(=O)OC(CC(OC(=O)c2ccc(CCC)cc2)C(F)(F)F)c2ccccc2)cc1. The van der Waals surface area contributed by atoms with Crippen molar-refractivity contribution in [3.63, 3.8) is 0 Å². The normalized spacial score (nSPS) is 13.0. The Balaban J connectivity index is 1.80. The molecule has 37 heavy (non-hydrogen) atoms. The molecule has 0 bridgehead atoms. The highest BCUT2D eigenvalue weighted by atomic mass is 19.4. The number of benzene rings is 3. The Morgan fingerprint density at radius 1 is 0.703 bits per heavy atom. The van der Waals surface area contributed by atoms with Crippen LogP contribution in [0.3, 0.4) is 0 Å². The second-order valence-corrected chi connectivity index (χ2v) is 8.87. The van der Waals surface area contributed by atoms with Gasteiger partial charge < -0.3 is 9.47 Å². The summed E-state index contributed by atoms with van der Waals surface area (Å²) in [6.07, 6.45) is -5.89. The molecule has 3 rings (SSSR count). The Bertz CT molecular complexity index is 1140. The number of rotatable bonds is 11. The summed E-state index contributed by atoms with van der Waals surface area (Å²) in [7, 11) is 0. The van der Waals surface area contributed by atoms with E-state index < -0.39 is 36.7 Å². The van der Waals surface area contributed by atoms with Crippen LogP contribution >= 0.6 is 0 Å². The van der Waals surface area contributed by atoms with Gasteiger partial charge in [0.05, 0.1) is 11.1 Å². The van der Waals surface area contributed by atoms with Crippen LogP contribution < -0.4 is 0 Å². The number of hydrogen-bond acceptors (Lipinski definition) is 4. The standard InChI is InChI=1S/C30H31F3O4/c1-3-8-21-12-16-24(17-13-21)28(34)36-26(23-10-6-5-7-11-23)20-27(30(31,32)33)37-29(35)25-18-14-22(9-4-2)15-19-25/h5-7,10-19,26-27H,3-4,8-9,20H2,1-2H3. The third-order valence-electron chi connectivity index (χ3n) is 5.92. The summed E-state index contributed by atoms with van der Waals surface area (Å²) in [4.78, 5) is 25.4. The number of ether oxygens (including phenoxy) is 2. The van der Waals surface area contributed by atoms with Crippen molar-refractivity contribution in [3.8, 4) is 0 Å². The molecule has 0 N–H and O–H groups in total. The van der Waals surface area contributed by atoms with E-state index in [2.05, 4.69) is 0 Å². The second-order valence-electron chi connectivity index (χ2n) is 8.87. The Morgan fingerprint density at radius 2 is 1.16 bits per heavy atom. The zero-order chi connectivity index (χ0) is 26.8. The Morgan fingerprint density at radius 3 is 1.59 bits per heavy atom. The zero-order valence-corrected chi connectivity index (χ0v) is 21.0. The summed E-state index contributed by atoms with van der Waals surface area (Å²) >= 11 is 0. The third kappa shape index (κ3) is 8.20. The number of esters is 2. The largest absolute Gasteiger partial charge is 0.454 e. The van der Waals surface area contributed by atoms with Gasteiger partial charge in [-0.2, -0.15) is 13.2 Å². The van der Waals surface area contributed by atoms with Gasteiger partial charge in [-0.25, -0.2) is 9.59 Å². The summed E-state index contributed by atoms with van der Waals surface area (Å²) < 4.78 is 52.5. The number of hydrogen-bond donors (Lipinski definition) is 0. The fraction of sp³-hybridized carbons (Fsp3) is 0.333. The van der Waals surface area contributed by atoms with Crippen molar-refractivity contribution in [1.82, 2.24) is 0 Å². The Hall–Kier alpha value is -3.61. The smallest absolute Gasteiger partial charge is 0.425 e. The predicted octanol–water partition coefficient (Wildman–Crippen LogP) is 7.67. The van der Waals surface area contributed by atoms with Crippen LogP contribution in [0.15, 0.2) is 78.9 Å². The van der Waals surface area contributed by atoms with E-state index >= 15 is 0 Å². The first-order chi connectivity index (χ1) is 17.7. The van der Waals surface area contributed by atoms with Crippen molar-refractivity contribution in [1.29, 1.82) is 0 Å². The highest BCUT2D eigenvalue weighted by Gasteiger charge is 2.45. The molecule has 0 fully saturated rings. The Kier molecular flexibility index (Phi) is 9.89. The number of carbonyl (C=O) groups excluding carboxylic acids is 2. The number of alkyl halides is 3. The van der Waals surface area contributed by atoms with Gasteiger partial charge in [0.2, 0.25) is 6.10 Å². The van der Waals surface area contributed by atoms with Crippen molar-refractivity contribution < 1.29 is 32.2 Å². The van der Waals surface area contributed by atoms with Crippen molar-refractivity contribution in [2.75, 3.05) is 0 Å². The van der Waals surface area contributed by atoms with Crippen LogP contribution in [-0.2, 0) is 22.3 Å². The van der Waals surface area contributed by atoms with E-state index in [0.717, 1.165) is 36.8 Å². The summed E-state index contributed by atoms with van der Waals surface area (Å²) in [6, 6.07) is 21.2. The van der Waals surface area contributed by atoms with Crippen LogP contribution in [0.1, 0.15) is 76.6 Å². The molecule has 0 saturated heterocycles. The molecule has 0 amide bonds. The van der Waals surface area contributed by atoms with E-state index in [1.165, 1.54) is 12.1 Å². The molecule has 196 valence electrons. The number of aryl methyl sites for hydroxylation is 2. The van der Waals surface area contributed by atoms with Crippen LogP contribution in [0.2, 0.25) is 0 Å². The molecule has 3 aromatic rings. The van der Waals surface area contributed by atoms with Crippen molar-refractivity contribution in [3.05, 3.63) is 107 Å². The Labute approximate surface area is 215 Å². The predicted molar refractivity (Wildman–Crippen MR) is 135 cm³/mol. The molecular formula is C30H31F3O4. The zero-order valence-electron chi connectivity index (χ0n) is 21.0. The number of carbonyl (C=O) groups is 2. The topological polar surface area (TPSA) is 52.6 Å². The maximum Gasteiger partial charge on any atom is 0.425 e. The maximum atomic E-state index is 14.0. The van der Waals surface area contributed by atoms with Crippen molar-refractivity contribution in [2.24, 2.45) is 0 Å². The minimum absolute atomic E-state index is 0.0227. The van der Waals surface area contributed by atoms with Gasteiger partial charge in [0.15, 0.2) is 0 Å². The lowest BCUT2D eigenvalue weighted by atomic mass is 10.0. The molecule has 4 nitrogen and oxygen atoms in total. The second kappa shape index (κ2) is 13.1. The van der Waals surface area contributed by atoms with Gasteiger partial charge >= 0.3 is 18.1 Å². The van der Waals surface area contributed by atoms with Gasteiger partial charge in [-0.3, -0.25) is 0 Å². The maximum absolute atomic E-state index is 14.0. The van der Waals surface area contributed by atoms with Gasteiger partial charge in [0, 0.05) is 6.42 Å². The van der Waals surface area contributed by atoms with Crippen molar-refractivity contribution >= 4 is 11.9 Å². The molecule has 0 spiro atoms. The van der Waals surface area contributed by atoms with Crippen LogP contribution in [0.5, 0.6) is 0 Å². The lowest BCUT2D eigenvalue weighted by Crippen LogP contribution is -2.36. The highest BCUT2D eigenvalue weighted by molar-refractivity contribution is 5.90. The van der Waals surface area contributed by atoms with Crippen LogP contribution in [0.25, 0.3) is 0 Å². The molecule has 0 aliphatic carbocycles. The van der Waals surface area contributed by atoms with E-state index in [1.54, 1.807) is 66.7 Å². The molecule has 7 heteroatoms. The van der Waals surface area contributed by atoms with Gasteiger partial charge in [0.25, 0.3) is 0 Å². The minimum Gasteiger partial charge on any atom is -0.454 e. The quantitative estimate of drug-likeness (QED) is 0.247. The molecule has 0 aliphatic heterocycles. The van der Waals surface area contributed by atoms with Crippen LogP contribution in [-0.4, -0.2) is 24.2 Å². The van der Waals surface area contributed by atoms with Crippen LogP contribution in [0.4, 0.5) is 13.2 Å². The third-order valence-corrected chi connectivity index (χ3v) is 5.92. The summed E-state index contributed by atoms with van der Waals surface area (Å²) in [5.74, 6) is -1.84. The summed E-state index contributed by atoms with van der Waals surface area (Å²) in [5.41, 5.74) is 2.64. The lowest BCUT2D eigenvalue weighted by Gasteiger charge is -2.26. The van der Waals surface area contributed by atoms with Crippen molar-refractivity contribution in [2.45, 2.75) is 64.3 Å². The molecule has 3 aromatic carbocycles. The molecule has 0 aromatic heterocycles. The molecule has 0 radical (unpaired) electrons. The molecule has 2 unspecified atom stereocenters. The average molecular weight is 513 g/mol. The molecule has 0 heterocycles. The van der Waals surface area contributed by atoms with Gasteiger partial charge in [-0.05, 0) is 53.8 Å². The van der Waals surface area contributed by atoms with Crippen LogP contribution in [0, 0.1) is 0 Å². The van der Waals surface area contributed by atoms with E-state index in [4.69, 9.17) is 9.47 Å². The highest BCUT2D eigenvalue weighted by Crippen LogP contribution is 2.34. The molecule has 2 atom stereocenters. The van der Waals surface area contributed by atoms with Gasteiger partial charge in [0.1, 0.15) is 6.10 Å². The summed E-state index contributed by atoms with van der Waals surface area (Å²) in [5, 5.41) is 0. The van der Waals surface area contributed by atoms with E-state index in [9.17, 15) is 22.8 Å². The average Bonchev–Trinajstić information content (AvgIpc) is 2.89. The monoisotopic (exact) mass is 512 g/mol. The fourth-order valence-corrected chi connectivity index (χ4v) is 3.95. The first kappa shape index (κ1) is 28.0. The molecule has 0 aliphatic rings. The summed E-state index contributed by atoms with van der Waals surface area (Å²) in [6.45, 7) is 4.05. The first-order valence-electron chi connectivity index (χ1n) is 12.4.